The summed E-state index contributed by atoms with van der Waals surface area (Å²) in [4.78, 5) is 4.14. The predicted molar refractivity (Wildman–Crippen MR) is 96.9 cm³/mol. The number of aliphatic imine (C=N–C) groups is 1. The lowest BCUT2D eigenvalue weighted by atomic mass is 10.2. The quantitative estimate of drug-likeness (QED) is 0.387. The van der Waals surface area contributed by atoms with Crippen LogP contribution >= 0.6 is 0 Å². The van der Waals surface area contributed by atoms with Crippen LogP contribution in [0.15, 0.2) is 29.3 Å². The monoisotopic (exact) mass is 354 g/mol. The summed E-state index contributed by atoms with van der Waals surface area (Å²) in [5.41, 5.74) is 7.60. The van der Waals surface area contributed by atoms with Crippen molar-refractivity contribution in [2.75, 3.05) is 42.9 Å². The van der Waals surface area contributed by atoms with Gasteiger partial charge < -0.3 is 15.8 Å². The number of hydrogen-bond donors (Lipinski definition) is 2. The summed E-state index contributed by atoms with van der Waals surface area (Å²) in [5.74, 6) is 0.250. The van der Waals surface area contributed by atoms with Crippen LogP contribution in [0.5, 0.6) is 0 Å². The molecule has 24 heavy (non-hydrogen) atoms. The van der Waals surface area contributed by atoms with Gasteiger partial charge in [-0.3, -0.25) is 9.30 Å². The summed E-state index contributed by atoms with van der Waals surface area (Å²) in [7, 11) is -3.36. The number of nitrogens with two attached hydrogens (primary N) is 1. The first-order chi connectivity index (χ1) is 11.5. The zero-order valence-corrected chi connectivity index (χ0v) is 14.9. The molecule has 0 aromatic heterocycles. The number of rotatable bonds is 9. The molecule has 0 bridgehead atoms. The maximum absolute atomic E-state index is 12.5. The summed E-state index contributed by atoms with van der Waals surface area (Å²) in [6.45, 7) is 4.58. The van der Waals surface area contributed by atoms with Gasteiger partial charge in [0.05, 0.1) is 11.4 Å². The minimum Gasteiger partial charge on any atom is -0.382 e. The average molecular weight is 354 g/mol. The van der Waals surface area contributed by atoms with E-state index in [9.17, 15) is 8.42 Å². The summed E-state index contributed by atoms with van der Waals surface area (Å²) in [6.07, 6.45) is 1.55. The fourth-order valence-corrected chi connectivity index (χ4v) is 4.01. The van der Waals surface area contributed by atoms with Crippen LogP contribution in [0.4, 0.5) is 5.69 Å². The molecular formula is C16H26N4O3S. The Balaban J connectivity index is 1.78. The zero-order chi connectivity index (χ0) is 17.4. The van der Waals surface area contributed by atoms with Crippen molar-refractivity contribution in [3.05, 3.63) is 29.8 Å². The van der Waals surface area contributed by atoms with Gasteiger partial charge in [0.2, 0.25) is 10.0 Å². The second-order valence-electron chi connectivity index (χ2n) is 5.51. The number of sulfonamides is 1. The van der Waals surface area contributed by atoms with Crippen LogP contribution in [0.3, 0.4) is 0 Å². The first kappa shape index (κ1) is 18.5. The topological polar surface area (TPSA) is 97.0 Å². The summed E-state index contributed by atoms with van der Waals surface area (Å²) in [6, 6.07) is 7.61. The van der Waals surface area contributed by atoms with Crippen LogP contribution in [0.1, 0.15) is 18.9 Å². The van der Waals surface area contributed by atoms with Crippen LogP contribution in [0, 0.1) is 0 Å². The molecule has 0 amide bonds. The van der Waals surface area contributed by atoms with Gasteiger partial charge >= 0.3 is 0 Å². The van der Waals surface area contributed by atoms with E-state index in [1.165, 1.54) is 4.31 Å². The second kappa shape index (κ2) is 8.89. The average Bonchev–Trinajstić information content (AvgIpc) is 2.99. The zero-order valence-electron chi connectivity index (χ0n) is 14.1. The molecule has 1 aromatic carbocycles. The number of ether oxygens (including phenoxy) is 1. The fraction of sp³-hybridized carbons (Fsp3) is 0.562. The Morgan fingerprint density at radius 2 is 2.21 bits per heavy atom. The molecule has 8 heteroatoms. The third-order valence-electron chi connectivity index (χ3n) is 3.78. The van der Waals surface area contributed by atoms with E-state index in [-0.39, 0.29) is 18.3 Å². The van der Waals surface area contributed by atoms with Gasteiger partial charge in [0, 0.05) is 32.8 Å². The van der Waals surface area contributed by atoms with E-state index in [0.717, 1.165) is 24.1 Å². The Morgan fingerprint density at radius 1 is 1.42 bits per heavy atom. The number of hydrogen-bond acceptors (Lipinski definition) is 4. The summed E-state index contributed by atoms with van der Waals surface area (Å²) < 4.78 is 31.7. The SMILES string of the molecule is CCOCCCN=C(N)NCCS(=O)(=O)N1CCc2ccccc21. The molecule has 0 atom stereocenters. The fourth-order valence-electron chi connectivity index (χ4n) is 2.58. The van der Waals surface area contributed by atoms with Crippen LogP contribution in [-0.2, 0) is 21.2 Å². The summed E-state index contributed by atoms with van der Waals surface area (Å²) >= 11 is 0. The molecule has 0 saturated heterocycles. The normalized spacial score (nSPS) is 14.7. The van der Waals surface area contributed by atoms with Crippen molar-refractivity contribution < 1.29 is 13.2 Å². The molecule has 1 aromatic rings. The van der Waals surface area contributed by atoms with E-state index >= 15 is 0 Å². The van der Waals surface area contributed by atoms with Gasteiger partial charge in [-0.2, -0.15) is 0 Å². The molecular weight excluding hydrogens is 328 g/mol. The lowest BCUT2D eigenvalue weighted by molar-refractivity contribution is 0.146. The predicted octanol–water partition coefficient (Wildman–Crippen LogP) is 0.710. The maximum atomic E-state index is 12.5. The highest BCUT2D eigenvalue weighted by Gasteiger charge is 2.28. The van der Waals surface area contributed by atoms with Crippen LogP contribution in [0.2, 0.25) is 0 Å². The van der Waals surface area contributed by atoms with Crippen molar-refractivity contribution in [1.82, 2.24) is 5.32 Å². The molecule has 7 nitrogen and oxygen atoms in total. The lowest BCUT2D eigenvalue weighted by Crippen LogP contribution is -2.39. The molecule has 1 aliphatic heterocycles. The van der Waals surface area contributed by atoms with Crippen molar-refractivity contribution in [1.29, 1.82) is 0 Å². The molecule has 2 rings (SSSR count). The third kappa shape index (κ3) is 5.10. The molecule has 0 aliphatic carbocycles. The highest BCUT2D eigenvalue weighted by molar-refractivity contribution is 7.92. The molecule has 3 N–H and O–H groups in total. The number of nitrogens with zero attached hydrogens (tertiary/aromatic N) is 2. The van der Waals surface area contributed by atoms with Crippen LogP contribution < -0.4 is 15.4 Å². The first-order valence-corrected chi connectivity index (χ1v) is 9.85. The van der Waals surface area contributed by atoms with Crippen molar-refractivity contribution in [3.63, 3.8) is 0 Å². The Hall–Kier alpha value is -1.80. The molecule has 0 spiro atoms. The molecule has 1 aliphatic rings. The van der Waals surface area contributed by atoms with Gasteiger partial charge in [-0.1, -0.05) is 18.2 Å². The molecule has 0 radical (unpaired) electrons. The lowest BCUT2D eigenvalue weighted by Gasteiger charge is -2.19. The Bertz CT molecular complexity index is 661. The minimum atomic E-state index is -3.36. The number of guanidine groups is 1. The molecule has 0 unspecified atom stereocenters. The number of benzene rings is 1. The van der Waals surface area contributed by atoms with Crippen molar-refractivity contribution in [2.45, 2.75) is 19.8 Å². The Kier molecular flexibility index (Phi) is 6.86. The van der Waals surface area contributed by atoms with Gasteiger partial charge in [-0.05, 0) is 31.4 Å². The van der Waals surface area contributed by atoms with Crippen molar-refractivity contribution >= 4 is 21.7 Å². The second-order valence-corrected chi connectivity index (χ2v) is 7.52. The number of para-hydroxylation sites is 1. The van der Waals surface area contributed by atoms with Crippen molar-refractivity contribution in [2.24, 2.45) is 10.7 Å². The molecule has 1 heterocycles. The van der Waals surface area contributed by atoms with Gasteiger partial charge in [-0.15, -0.1) is 0 Å². The smallest absolute Gasteiger partial charge is 0.236 e. The van der Waals surface area contributed by atoms with Gasteiger partial charge in [0.25, 0.3) is 0 Å². The largest absolute Gasteiger partial charge is 0.382 e. The van der Waals surface area contributed by atoms with E-state index in [4.69, 9.17) is 10.5 Å². The third-order valence-corrected chi connectivity index (χ3v) is 5.55. The highest BCUT2D eigenvalue weighted by Crippen LogP contribution is 2.29. The Morgan fingerprint density at radius 3 is 3.00 bits per heavy atom. The van der Waals surface area contributed by atoms with E-state index in [2.05, 4.69) is 10.3 Å². The molecule has 0 fully saturated rings. The summed E-state index contributed by atoms with van der Waals surface area (Å²) in [5, 5.41) is 2.86. The van der Waals surface area contributed by atoms with E-state index in [0.29, 0.717) is 26.3 Å². The standard InChI is InChI=1S/C16H26N4O3S/c1-2-23-12-5-9-18-16(17)19-10-13-24(21,22)20-11-8-14-6-3-4-7-15(14)20/h3-4,6-7H,2,5,8-13H2,1H3,(H3,17,18,19). The number of fused-ring (bicyclic) bond motifs is 1. The van der Waals surface area contributed by atoms with E-state index in [1.54, 1.807) is 0 Å². The van der Waals surface area contributed by atoms with E-state index < -0.39 is 10.0 Å². The van der Waals surface area contributed by atoms with Gasteiger partial charge in [0.1, 0.15) is 0 Å². The van der Waals surface area contributed by atoms with Gasteiger partial charge in [0.15, 0.2) is 5.96 Å². The highest BCUT2D eigenvalue weighted by atomic mass is 32.2. The number of anilines is 1. The first-order valence-electron chi connectivity index (χ1n) is 8.24. The molecule has 134 valence electrons. The van der Waals surface area contributed by atoms with E-state index in [1.807, 2.05) is 31.2 Å². The van der Waals surface area contributed by atoms with Crippen LogP contribution in [-0.4, -0.2) is 53.0 Å². The van der Waals surface area contributed by atoms with Gasteiger partial charge in [-0.25, -0.2) is 8.42 Å². The molecule has 0 saturated carbocycles. The maximum Gasteiger partial charge on any atom is 0.236 e. The van der Waals surface area contributed by atoms with Crippen LogP contribution in [0.25, 0.3) is 0 Å². The number of nitrogens with one attached hydrogen (secondary N) is 1. The minimum absolute atomic E-state index is 0.0174. The van der Waals surface area contributed by atoms with Crippen molar-refractivity contribution in [3.8, 4) is 0 Å². The Labute approximate surface area is 143 Å².